The normalized spacial score (nSPS) is 15.3. The molecule has 7 nitrogen and oxygen atoms in total. The first-order valence-corrected chi connectivity index (χ1v) is 9.31. The van der Waals surface area contributed by atoms with Gasteiger partial charge in [0.1, 0.15) is 0 Å². The molecule has 1 aromatic heterocycles. The number of guanidine groups is 1. The van der Waals surface area contributed by atoms with Crippen molar-refractivity contribution in [3.8, 4) is 0 Å². The Morgan fingerprint density at radius 1 is 1.23 bits per heavy atom. The summed E-state index contributed by atoms with van der Waals surface area (Å²) < 4.78 is 1.87. The Labute approximate surface area is 173 Å². The minimum atomic E-state index is 0. The number of rotatable bonds is 6. The lowest BCUT2D eigenvalue weighted by Gasteiger charge is -2.23. The van der Waals surface area contributed by atoms with Crippen LogP contribution in [0.3, 0.4) is 0 Å². The molecule has 0 aliphatic heterocycles. The lowest BCUT2D eigenvalue weighted by atomic mass is 9.95. The number of hydrogen-bond acceptors (Lipinski definition) is 3. The van der Waals surface area contributed by atoms with E-state index in [1.165, 1.54) is 19.3 Å². The minimum absolute atomic E-state index is 0. The van der Waals surface area contributed by atoms with E-state index in [0.29, 0.717) is 18.5 Å². The van der Waals surface area contributed by atoms with Crippen molar-refractivity contribution in [3.63, 3.8) is 0 Å². The van der Waals surface area contributed by atoms with Crippen molar-refractivity contribution in [2.24, 2.45) is 12.0 Å². The highest BCUT2D eigenvalue weighted by Crippen LogP contribution is 2.17. The number of aryl methyl sites for hydroxylation is 2. The fourth-order valence-corrected chi connectivity index (χ4v) is 3.24. The summed E-state index contributed by atoms with van der Waals surface area (Å²) in [5.41, 5.74) is 3.24. The van der Waals surface area contributed by atoms with E-state index in [4.69, 9.17) is 0 Å². The molecule has 3 N–H and O–H groups in total. The number of halogens is 1. The van der Waals surface area contributed by atoms with E-state index in [2.05, 4.69) is 26.0 Å². The highest BCUT2D eigenvalue weighted by atomic mass is 127. The predicted molar refractivity (Wildman–Crippen MR) is 116 cm³/mol. The molecule has 2 rings (SSSR count). The second kappa shape index (κ2) is 11.4. The summed E-state index contributed by atoms with van der Waals surface area (Å²) in [4.78, 5) is 16.7. The van der Waals surface area contributed by atoms with Gasteiger partial charge in [0.05, 0.1) is 18.8 Å². The third-order valence-electron chi connectivity index (χ3n) is 4.79. The van der Waals surface area contributed by atoms with Gasteiger partial charge in [-0.2, -0.15) is 5.10 Å². The van der Waals surface area contributed by atoms with Crippen LogP contribution in [0.25, 0.3) is 0 Å². The van der Waals surface area contributed by atoms with E-state index in [1.54, 1.807) is 0 Å². The molecule has 0 aromatic carbocycles. The molecule has 1 fully saturated rings. The zero-order chi connectivity index (χ0) is 18.2. The lowest BCUT2D eigenvalue weighted by molar-refractivity contribution is -0.120. The molecule has 1 aliphatic rings. The fourth-order valence-electron chi connectivity index (χ4n) is 3.24. The average Bonchev–Trinajstić information content (AvgIpc) is 2.83. The van der Waals surface area contributed by atoms with Crippen LogP contribution in [0, 0.1) is 13.8 Å². The number of nitrogens with zero attached hydrogens (tertiary/aromatic N) is 3. The Morgan fingerprint density at radius 2 is 1.92 bits per heavy atom. The van der Waals surface area contributed by atoms with Gasteiger partial charge < -0.3 is 16.0 Å². The monoisotopic (exact) mass is 476 g/mol. The predicted octanol–water partition coefficient (Wildman–Crippen LogP) is 2.16. The van der Waals surface area contributed by atoms with Crippen LogP contribution >= 0.6 is 24.0 Å². The van der Waals surface area contributed by atoms with Gasteiger partial charge in [-0.25, -0.2) is 4.99 Å². The quantitative estimate of drug-likeness (QED) is 0.334. The number of aromatic nitrogens is 2. The van der Waals surface area contributed by atoms with Gasteiger partial charge in [0.15, 0.2) is 5.96 Å². The third-order valence-corrected chi connectivity index (χ3v) is 4.79. The summed E-state index contributed by atoms with van der Waals surface area (Å²) in [7, 11) is 1.94. The van der Waals surface area contributed by atoms with E-state index >= 15 is 0 Å². The molecule has 26 heavy (non-hydrogen) atoms. The van der Waals surface area contributed by atoms with Gasteiger partial charge in [0.25, 0.3) is 0 Å². The van der Waals surface area contributed by atoms with Gasteiger partial charge in [-0.3, -0.25) is 9.48 Å². The van der Waals surface area contributed by atoms with E-state index < -0.39 is 0 Å². The maximum absolute atomic E-state index is 12.1. The molecule has 1 aromatic rings. The molecule has 0 unspecified atom stereocenters. The van der Waals surface area contributed by atoms with Crippen molar-refractivity contribution in [2.45, 2.75) is 65.5 Å². The maximum Gasteiger partial charge on any atom is 0.239 e. The Hall–Kier alpha value is -1.32. The molecule has 0 spiro atoms. The number of aliphatic imine (C=N–C) groups is 1. The van der Waals surface area contributed by atoms with Crippen LogP contribution < -0.4 is 16.0 Å². The van der Waals surface area contributed by atoms with Crippen molar-refractivity contribution >= 4 is 35.8 Å². The van der Waals surface area contributed by atoms with Gasteiger partial charge in [-0.1, -0.05) is 19.3 Å². The largest absolute Gasteiger partial charge is 0.357 e. The first-order chi connectivity index (χ1) is 12.0. The van der Waals surface area contributed by atoms with E-state index in [-0.39, 0.29) is 36.4 Å². The highest BCUT2D eigenvalue weighted by Gasteiger charge is 2.15. The summed E-state index contributed by atoms with van der Waals surface area (Å²) in [6.07, 6.45) is 5.91. The first kappa shape index (κ1) is 22.7. The van der Waals surface area contributed by atoms with Crippen molar-refractivity contribution in [2.75, 3.05) is 13.1 Å². The van der Waals surface area contributed by atoms with Crippen LogP contribution in [0.1, 0.15) is 56.0 Å². The second-order valence-corrected chi connectivity index (χ2v) is 6.72. The number of carbonyl (C=O) groups excluding carboxylic acids is 1. The molecule has 0 saturated heterocycles. The van der Waals surface area contributed by atoms with Gasteiger partial charge >= 0.3 is 0 Å². The molecule has 0 atom stereocenters. The Bertz CT molecular complexity index is 607. The Morgan fingerprint density at radius 3 is 2.50 bits per heavy atom. The minimum Gasteiger partial charge on any atom is -0.357 e. The van der Waals surface area contributed by atoms with Crippen LogP contribution in [-0.4, -0.2) is 40.8 Å². The Balaban J connectivity index is 0.00000338. The highest BCUT2D eigenvalue weighted by molar-refractivity contribution is 14.0. The SMILES string of the molecule is CCNC(=NCc1c(C)nn(C)c1C)NCC(=O)NC1CCCCC1.I. The summed E-state index contributed by atoms with van der Waals surface area (Å²) in [6, 6.07) is 0.336. The summed E-state index contributed by atoms with van der Waals surface area (Å²) in [6.45, 7) is 7.60. The molecular weight excluding hydrogens is 443 g/mol. The van der Waals surface area contributed by atoms with Crippen molar-refractivity contribution in [3.05, 3.63) is 17.0 Å². The molecule has 0 radical (unpaired) electrons. The molecule has 1 heterocycles. The molecule has 1 amide bonds. The van der Waals surface area contributed by atoms with Crippen LogP contribution in [0.4, 0.5) is 0 Å². The van der Waals surface area contributed by atoms with Gasteiger partial charge in [0, 0.05) is 30.9 Å². The number of amides is 1. The summed E-state index contributed by atoms with van der Waals surface area (Å²) in [5.74, 6) is 0.690. The van der Waals surface area contributed by atoms with Crippen molar-refractivity contribution < 1.29 is 4.79 Å². The van der Waals surface area contributed by atoms with Gasteiger partial charge in [0.2, 0.25) is 5.91 Å². The van der Waals surface area contributed by atoms with E-state index in [9.17, 15) is 4.79 Å². The zero-order valence-corrected chi connectivity index (χ0v) is 18.7. The smallest absolute Gasteiger partial charge is 0.239 e. The number of hydrogen-bond donors (Lipinski definition) is 3. The maximum atomic E-state index is 12.1. The van der Waals surface area contributed by atoms with E-state index in [1.807, 2.05) is 32.5 Å². The fraction of sp³-hybridized carbons (Fsp3) is 0.722. The number of carbonyl (C=O) groups is 1. The molecule has 1 aliphatic carbocycles. The van der Waals surface area contributed by atoms with Crippen molar-refractivity contribution in [1.29, 1.82) is 0 Å². The summed E-state index contributed by atoms with van der Waals surface area (Å²) >= 11 is 0. The van der Waals surface area contributed by atoms with E-state index in [0.717, 1.165) is 36.3 Å². The van der Waals surface area contributed by atoms with Gasteiger partial charge in [-0.05, 0) is 33.6 Å². The molecule has 148 valence electrons. The standard InChI is InChI=1S/C18H32N6O.HI/c1-5-19-18(20-11-16-13(2)23-24(4)14(16)3)21-12-17(25)22-15-9-7-6-8-10-15;/h15H,5-12H2,1-4H3,(H,22,25)(H2,19,20,21);1H. The zero-order valence-electron chi connectivity index (χ0n) is 16.4. The third kappa shape index (κ3) is 6.77. The summed E-state index contributed by atoms with van der Waals surface area (Å²) in [5, 5.41) is 13.8. The molecule has 8 heteroatoms. The van der Waals surface area contributed by atoms with Crippen molar-refractivity contribution in [1.82, 2.24) is 25.7 Å². The van der Waals surface area contributed by atoms with Crippen LogP contribution in [0.5, 0.6) is 0 Å². The van der Waals surface area contributed by atoms with Crippen LogP contribution in [0.15, 0.2) is 4.99 Å². The second-order valence-electron chi connectivity index (χ2n) is 6.72. The Kier molecular flexibility index (Phi) is 9.97. The first-order valence-electron chi connectivity index (χ1n) is 9.31. The van der Waals surface area contributed by atoms with Crippen LogP contribution in [0.2, 0.25) is 0 Å². The molecule has 0 bridgehead atoms. The lowest BCUT2D eigenvalue weighted by Crippen LogP contribution is -2.46. The van der Waals surface area contributed by atoms with Crippen LogP contribution in [-0.2, 0) is 18.4 Å². The topological polar surface area (TPSA) is 83.3 Å². The molecular formula is C18H33IN6O. The van der Waals surface area contributed by atoms with Gasteiger partial charge in [-0.15, -0.1) is 24.0 Å². The number of nitrogens with one attached hydrogen (secondary N) is 3. The molecule has 1 saturated carbocycles. The average molecular weight is 476 g/mol.